The number of carbonyl (C=O) groups is 1. The minimum absolute atomic E-state index is 0. The molecule has 3 radical (unpaired) electrons. The summed E-state index contributed by atoms with van der Waals surface area (Å²) in [7, 11) is 0. The van der Waals surface area contributed by atoms with Gasteiger partial charge in [0.1, 0.15) is 17.9 Å². The van der Waals surface area contributed by atoms with Gasteiger partial charge in [0.25, 0.3) is 0 Å². The van der Waals surface area contributed by atoms with E-state index in [1.54, 1.807) is 12.1 Å². The van der Waals surface area contributed by atoms with E-state index in [9.17, 15) is 9.90 Å². The second-order valence-corrected chi connectivity index (χ2v) is 2.40. The molecule has 0 aromatic heterocycles. The Kier molecular flexibility index (Phi) is 6.13. The molecule has 14 heavy (non-hydrogen) atoms. The number of esters is 1. The van der Waals surface area contributed by atoms with Gasteiger partial charge in [-0.2, -0.15) is 0 Å². The van der Waals surface area contributed by atoms with Gasteiger partial charge in [-0.1, -0.05) is 24.8 Å². The number of rotatable bonds is 3. The molecule has 0 saturated carbocycles. The smallest absolute Gasteiger partial charge is 0.342 e. The summed E-state index contributed by atoms with van der Waals surface area (Å²) in [5.74, 6) is -0.616. The molecule has 1 rings (SSSR count). The maximum Gasteiger partial charge on any atom is 0.342 e. The second-order valence-electron chi connectivity index (χ2n) is 2.40. The van der Waals surface area contributed by atoms with Crippen LogP contribution in [0, 0.1) is 0 Å². The van der Waals surface area contributed by atoms with Crippen LogP contribution in [-0.2, 0) is 4.74 Å². The third-order valence-electron chi connectivity index (χ3n) is 1.46. The Morgan fingerprint density at radius 1 is 1.50 bits per heavy atom. The fraction of sp³-hybridized carbons (Fsp3) is 0.100. The summed E-state index contributed by atoms with van der Waals surface area (Å²) in [4.78, 5) is 11.2. The van der Waals surface area contributed by atoms with Crippen molar-refractivity contribution in [1.29, 1.82) is 0 Å². The molecule has 1 aromatic rings. The first kappa shape index (κ1) is 13.1. The van der Waals surface area contributed by atoms with Crippen LogP contribution < -0.4 is 0 Å². The molecule has 0 aliphatic heterocycles. The van der Waals surface area contributed by atoms with Gasteiger partial charge in [0.15, 0.2) is 0 Å². The predicted molar refractivity (Wildman–Crippen MR) is 54.3 cm³/mol. The SMILES string of the molecule is C=CCOC(=O)c1ccccc1O.[Bi]. The zero-order chi connectivity index (χ0) is 9.68. The summed E-state index contributed by atoms with van der Waals surface area (Å²) in [6.45, 7) is 3.56. The average Bonchev–Trinajstić information content (AvgIpc) is 2.15. The first-order valence-corrected chi connectivity index (χ1v) is 3.81. The molecule has 0 aliphatic rings. The van der Waals surface area contributed by atoms with Gasteiger partial charge < -0.3 is 9.84 Å². The third kappa shape index (κ3) is 3.46. The van der Waals surface area contributed by atoms with Gasteiger partial charge in [0, 0.05) is 26.2 Å². The first-order valence-electron chi connectivity index (χ1n) is 3.81. The van der Waals surface area contributed by atoms with Crippen LogP contribution in [0.5, 0.6) is 5.75 Å². The number of para-hydroxylation sites is 1. The minimum atomic E-state index is -0.544. The Morgan fingerprint density at radius 3 is 2.71 bits per heavy atom. The van der Waals surface area contributed by atoms with E-state index < -0.39 is 5.97 Å². The van der Waals surface area contributed by atoms with Crippen molar-refractivity contribution in [3.63, 3.8) is 0 Å². The van der Waals surface area contributed by atoms with Gasteiger partial charge in [0.05, 0.1) is 0 Å². The van der Waals surface area contributed by atoms with Gasteiger partial charge in [-0.15, -0.1) is 0 Å². The number of hydrogen-bond donors (Lipinski definition) is 1. The van der Waals surface area contributed by atoms with Crippen molar-refractivity contribution < 1.29 is 14.6 Å². The Hall–Kier alpha value is -0.887. The zero-order valence-corrected chi connectivity index (χ0v) is 11.0. The van der Waals surface area contributed by atoms with Crippen molar-refractivity contribution in [2.45, 2.75) is 0 Å². The summed E-state index contributed by atoms with van der Waals surface area (Å²) < 4.78 is 4.74. The summed E-state index contributed by atoms with van der Waals surface area (Å²) >= 11 is 0. The number of ether oxygens (including phenoxy) is 1. The molecule has 0 saturated heterocycles. The molecule has 0 spiro atoms. The fourth-order valence-electron chi connectivity index (χ4n) is 0.859. The van der Waals surface area contributed by atoms with Crippen LogP contribution in [0.25, 0.3) is 0 Å². The fourth-order valence-corrected chi connectivity index (χ4v) is 0.859. The van der Waals surface area contributed by atoms with Gasteiger partial charge in [-0.05, 0) is 12.1 Å². The van der Waals surface area contributed by atoms with Crippen molar-refractivity contribution in [3.05, 3.63) is 42.5 Å². The van der Waals surface area contributed by atoms with Crippen molar-refractivity contribution in [3.8, 4) is 5.75 Å². The van der Waals surface area contributed by atoms with Gasteiger partial charge in [-0.3, -0.25) is 0 Å². The van der Waals surface area contributed by atoms with Gasteiger partial charge in [0.2, 0.25) is 0 Å². The number of phenols is 1. The Bertz CT molecular complexity index is 323. The van der Waals surface area contributed by atoms with E-state index in [1.165, 1.54) is 18.2 Å². The molecule has 73 valence electrons. The molecule has 1 aromatic carbocycles. The van der Waals surface area contributed by atoms with Crippen molar-refractivity contribution in [2.75, 3.05) is 6.61 Å². The molecule has 3 nitrogen and oxygen atoms in total. The third-order valence-corrected chi connectivity index (χ3v) is 1.46. The van der Waals surface area contributed by atoms with E-state index in [-0.39, 0.29) is 44.1 Å². The molecular formula is C10H10BiO3. The maximum atomic E-state index is 11.2. The number of benzene rings is 1. The monoisotopic (exact) mass is 387 g/mol. The topological polar surface area (TPSA) is 46.5 Å². The largest absolute Gasteiger partial charge is 0.507 e. The molecule has 0 atom stereocenters. The molecule has 4 heteroatoms. The van der Waals surface area contributed by atoms with Crippen molar-refractivity contribution >= 4 is 32.2 Å². The van der Waals surface area contributed by atoms with Crippen LogP contribution in [0.2, 0.25) is 0 Å². The van der Waals surface area contributed by atoms with Crippen molar-refractivity contribution in [2.24, 2.45) is 0 Å². The Balaban J connectivity index is 0.00000169. The van der Waals surface area contributed by atoms with E-state index >= 15 is 0 Å². The standard InChI is InChI=1S/C10H10O3.Bi/c1-2-7-13-10(12)8-5-3-4-6-9(8)11;/h2-6,11H,1,7H2;. The number of phenolic OH excluding ortho intramolecular Hbond substituents is 1. The summed E-state index contributed by atoms with van der Waals surface area (Å²) in [6, 6.07) is 6.23. The quantitative estimate of drug-likeness (QED) is 0.484. The van der Waals surface area contributed by atoms with E-state index in [1.807, 2.05) is 0 Å². The summed E-state index contributed by atoms with van der Waals surface area (Å²) in [5.41, 5.74) is 0.171. The van der Waals surface area contributed by atoms with E-state index in [0.29, 0.717) is 0 Å². The molecule has 1 N–H and O–H groups in total. The normalized spacial score (nSPS) is 8.57. The summed E-state index contributed by atoms with van der Waals surface area (Å²) in [6.07, 6.45) is 1.47. The summed E-state index contributed by atoms with van der Waals surface area (Å²) in [5, 5.41) is 9.25. The van der Waals surface area contributed by atoms with E-state index in [4.69, 9.17) is 4.74 Å². The van der Waals surface area contributed by atoms with Crippen LogP contribution in [-0.4, -0.2) is 43.9 Å². The Morgan fingerprint density at radius 2 is 2.14 bits per heavy atom. The van der Waals surface area contributed by atoms with Crippen LogP contribution in [0.3, 0.4) is 0 Å². The molecule has 0 bridgehead atoms. The van der Waals surface area contributed by atoms with Crippen LogP contribution in [0.4, 0.5) is 0 Å². The number of aromatic hydroxyl groups is 1. The van der Waals surface area contributed by atoms with Crippen LogP contribution in [0.15, 0.2) is 36.9 Å². The van der Waals surface area contributed by atoms with E-state index in [0.717, 1.165) is 0 Å². The first-order chi connectivity index (χ1) is 6.25. The zero-order valence-electron chi connectivity index (χ0n) is 7.51. The minimum Gasteiger partial charge on any atom is -0.507 e. The van der Waals surface area contributed by atoms with Crippen LogP contribution in [0.1, 0.15) is 10.4 Å². The maximum absolute atomic E-state index is 11.2. The van der Waals surface area contributed by atoms with Crippen molar-refractivity contribution in [1.82, 2.24) is 0 Å². The molecule has 0 unspecified atom stereocenters. The van der Waals surface area contributed by atoms with E-state index in [2.05, 4.69) is 6.58 Å². The molecule has 0 amide bonds. The van der Waals surface area contributed by atoms with Gasteiger partial charge in [-0.25, -0.2) is 4.79 Å². The van der Waals surface area contributed by atoms with Crippen LogP contribution >= 0.6 is 0 Å². The number of hydrogen-bond acceptors (Lipinski definition) is 3. The number of carbonyl (C=O) groups excluding carboxylic acids is 1. The molecular weight excluding hydrogens is 377 g/mol. The predicted octanol–water partition coefficient (Wildman–Crippen LogP) is 1.35. The molecule has 0 heterocycles. The average molecular weight is 387 g/mol. The molecule has 0 fully saturated rings. The van der Waals surface area contributed by atoms with Gasteiger partial charge >= 0.3 is 5.97 Å². The Labute approximate surface area is 102 Å². The second kappa shape index (κ2) is 6.55. The molecule has 0 aliphatic carbocycles.